The van der Waals surface area contributed by atoms with E-state index in [0.29, 0.717) is 11.1 Å². The van der Waals surface area contributed by atoms with E-state index in [1.807, 2.05) is 13.8 Å². The van der Waals surface area contributed by atoms with Crippen molar-refractivity contribution in [3.05, 3.63) is 16.5 Å². The van der Waals surface area contributed by atoms with Gasteiger partial charge in [-0.25, -0.2) is 9.97 Å². The van der Waals surface area contributed by atoms with E-state index in [4.69, 9.17) is 16.7 Å². The number of aliphatic hydroxyl groups excluding tert-OH is 1. The quantitative estimate of drug-likeness (QED) is 0.661. The molecule has 3 nitrogen and oxygen atoms in total. The fraction of sp³-hybridized carbons (Fsp3) is 0.667. The van der Waals surface area contributed by atoms with Crippen LogP contribution >= 0.6 is 23.4 Å². The van der Waals surface area contributed by atoms with Crippen LogP contribution in [-0.4, -0.2) is 27.4 Å². The van der Waals surface area contributed by atoms with Crippen molar-refractivity contribution in [2.75, 3.05) is 12.4 Å². The van der Waals surface area contributed by atoms with Crippen LogP contribution in [0.2, 0.25) is 5.15 Å². The lowest BCUT2D eigenvalue weighted by atomic mass is 10.2. The Morgan fingerprint density at radius 3 is 2.76 bits per heavy atom. The Morgan fingerprint density at radius 1 is 1.47 bits per heavy atom. The molecule has 1 N–H and O–H groups in total. The minimum atomic E-state index is 0.209. The van der Waals surface area contributed by atoms with Crippen LogP contribution in [0.5, 0.6) is 0 Å². The number of halogens is 1. The highest BCUT2D eigenvalue weighted by Crippen LogP contribution is 2.40. The van der Waals surface area contributed by atoms with Gasteiger partial charge in [0, 0.05) is 23.8 Å². The Labute approximate surface area is 111 Å². The average Bonchev–Trinajstić information content (AvgIpc) is 3.14. The normalized spacial score (nSPS) is 17.2. The number of hydrogen-bond donors (Lipinski definition) is 1. The maximum Gasteiger partial charge on any atom is 0.136 e. The first-order chi connectivity index (χ1) is 8.11. The number of hydrogen-bond acceptors (Lipinski definition) is 4. The molecule has 1 aliphatic rings. The molecule has 0 saturated heterocycles. The fourth-order valence-electron chi connectivity index (χ4n) is 1.42. The molecule has 1 saturated carbocycles. The van der Waals surface area contributed by atoms with E-state index in [1.165, 1.54) is 12.8 Å². The van der Waals surface area contributed by atoms with E-state index < -0.39 is 0 Å². The lowest BCUT2D eigenvalue weighted by molar-refractivity contribution is 0.250. The zero-order valence-corrected chi connectivity index (χ0v) is 11.7. The molecule has 0 aliphatic heterocycles. The molecule has 1 aromatic rings. The van der Waals surface area contributed by atoms with Crippen molar-refractivity contribution in [2.45, 2.75) is 37.6 Å². The predicted molar refractivity (Wildman–Crippen MR) is 70.7 cm³/mol. The van der Waals surface area contributed by atoms with Gasteiger partial charge in [-0.1, -0.05) is 18.5 Å². The fourth-order valence-corrected chi connectivity index (χ4v) is 2.68. The van der Waals surface area contributed by atoms with Gasteiger partial charge in [0.15, 0.2) is 0 Å². The van der Waals surface area contributed by atoms with E-state index in [-0.39, 0.29) is 12.5 Å². The van der Waals surface area contributed by atoms with Gasteiger partial charge in [-0.3, -0.25) is 0 Å². The second-order valence-corrected chi connectivity index (χ2v) is 6.04. The van der Waals surface area contributed by atoms with Gasteiger partial charge in [0.1, 0.15) is 16.0 Å². The Bertz CT molecular complexity index is 410. The Hall–Kier alpha value is -0.320. The number of nitrogens with zero attached hydrogens (tertiary/aromatic N) is 2. The number of rotatable bonds is 5. The van der Waals surface area contributed by atoms with Gasteiger partial charge in [-0.15, -0.1) is 11.8 Å². The predicted octanol–water partition coefficient (Wildman–Crippen LogP) is 3.04. The molecule has 0 bridgehead atoms. The third-order valence-corrected chi connectivity index (χ3v) is 4.59. The van der Waals surface area contributed by atoms with Gasteiger partial charge in [0.25, 0.3) is 0 Å². The van der Waals surface area contributed by atoms with E-state index in [0.717, 1.165) is 22.2 Å². The van der Waals surface area contributed by atoms with Crippen molar-refractivity contribution in [3.63, 3.8) is 0 Å². The molecule has 0 radical (unpaired) electrons. The van der Waals surface area contributed by atoms with Crippen LogP contribution in [0.3, 0.4) is 0 Å². The van der Waals surface area contributed by atoms with Crippen molar-refractivity contribution in [3.8, 4) is 0 Å². The van der Waals surface area contributed by atoms with Gasteiger partial charge in [-0.2, -0.15) is 0 Å². The van der Waals surface area contributed by atoms with Crippen LogP contribution in [0, 0.1) is 12.8 Å². The van der Waals surface area contributed by atoms with E-state index in [9.17, 15) is 0 Å². The van der Waals surface area contributed by atoms with Gasteiger partial charge in [0.05, 0.1) is 0 Å². The van der Waals surface area contributed by atoms with E-state index >= 15 is 0 Å². The smallest absolute Gasteiger partial charge is 0.136 e. The van der Waals surface area contributed by atoms with Crippen LogP contribution in [0.4, 0.5) is 0 Å². The first-order valence-corrected chi connectivity index (χ1v) is 7.26. The van der Waals surface area contributed by atoms with Crippen LogP contribution < -0.4 is 0 Å². The molecule has 17 heavy (non-hydrogen) atoms. The van der Waals surface area contributed by atoms with E-state index in [1.54, 1.807) is 11.8 Å². The van der Waals surface area contributed by atoms with Crippen LogP contribution in [0.25, 0.3) is 0 Å². The molecular weight excluding hydrogens is 256 g/mol. The number of aromatic nitrogens is 2. The molecule has 1 aliphatic carbocycles. The van der Waals surface area contributed by atoms with Crippen molar-refractivity contribution in [1.29, 1.82) is 0 Å². The first kappa shape index (κ1) is 13.1. The van der Waals surface area contributed by atoms with Crippen molar-refractivity contribution < 1.29 is 5.11 Å². The van der Waals surface area contributed by atoms with Gasteiger partial charge < -0.3 is 5.11 Å². The second-order valence-electron chi connectivity index (χ2n) is 4.68. The zero-order chi connectivity index (χ0) is 12.4. The highest BCUT2D eigenvalue weighted by atomic mass is 35.5. The van der Waals surface area contributed by atoms with Crippen molar-refractivity contribution in [1.82, 2.24) is 9.97 Å². The maximum atomic E-state index is 9.02. The summed E-state index contributed by atoms with van der Waals surface area (Å²) in [5.41, 5.74) is 0.950. The minimum absolute atomic E-state index is 0.209. The standard InChI is InChI=1S/C12H17ClN2OS/c1-7(5-16)6-17-12-8(2)10(13)14-11(15-12)9-3-4-9/h7,9,16H,3-6H2,1-2H3. The monoisotopic (exact) mass is 272 g/mol. The lowest BCUT2D eigenvalue weighted by Gasteiger charge is -2.10. The molecule has 0 amide bonds. The molecule has 2 rings (SSSR count). The first-order valence-electron chi connectivity index (χ1n) is 5.89. The Balaban J connectivity index is 2.13. The molecule has 1 fully saturated rings. The summed E-state index contributed by atoms with van der Waals surface area (Å²) in [6.45, 7) is 4.18. The summed E-state index contributed by atoms with van der Waals surface area (Å²) in [5, 5.41) is 10.6. The summed E-state index contributed by atoms with van der Waals surface area (Å²) in [4.78, 5) is 8.92. The number of thioether (sulfide) groups is 1. The van der Waals surface area contributed by atoms with Gasteiger partial charge in [-0.05, 0) is 25.7 Å². The molecule has 1 atom stereocenters. The summed E-state index contributed by atoms with van der Waals surface area (Å²) >= 11 is 7.78. The largest absolute Gasteiger partial charge is 0.396 e. The third-order valence-electron chi connectivity index (χ3n) is 2.82. The van der Waals surface area contributed by atoms with Gasteiger partial charge >= 0.3 is 0 Å². The average molecular weight is 273 g/mol. The molecular formula is C12H17ClN2OS. The lowest BCUT2D eigenvalue weighted by Crippen LogP contribution is -2.05. The minimum Gasteiger partial charge on any atom is -0.396 e. The summed E-state index contributed by atoms with van der Waals surface area (Å²) in [6.07, 6.45) is 2.35. The molecule has 5 heteroatoms. The molecule has 0 spiro atoms. The van der Waals surface area contributed by atoms with Crippen molar-refractivity contribution >= 4 is 23.4 Å². The Morgan fingerprint density at radius 2 is 2.18 bits per heavy atom. The summed E-state index contributed by atoms with van der Waals surface area (Å²) in [6, 6.07) is 0. The van der Waals surface area contributed by atoms with Crippen LogP contribution in [0.15, 0.2) is 5.03 Å². The molecule has 1 heterocycles. The highest BCUT2D eigenvalue weighted by Gasteiger charge is 2.28. The summed E-state index contributed by atoms with van der Waals surface area (Å²) in [5.74, 6) is 2.54. The van der Waals surface area contributed by atoms with Crippen LogP contribution in [0.1, 0.15) is 37.1 Å². The molecule has 1 unspecified atom stereocenters. The molecule has 94 valence electrons. The summed E-state index contributed by atoms with van der Waals surface area (Å²) in [7, 11) is 0. The maximum absolute atomic E-state index is 9.02. The van der Waals surface area contributed by atoms with Crippen molar-refractivity contribution in [2.24, 2.45) is 5.92 Å². The van der Waals surface area contributed by atoms with Gasteiger partial charge in [0.2, 0.25) is 0 Å². The van der Waals surface area contributed by atoms with Crippen LogP contribution in [-0.2, 0) is 0 Å². The van der Waals surface area contributed by atoms with E-state index in [2.05, 4.69) is 9.97 Å². The zero-order valence-electron chi connectivity index (χ0n) is 10.1. The third kappa shape index (κ3) is 3.33. The highest BCUT2D eigenvalue weighted by molar-refractivity contribution is 7.99. The summed E-state index contributed by atoms with van der Waals surface area (Å²) < 4.78 is 0. The molecule has 1 aromatic heterocycles. The second kappa shape index (κ2) is 5.55. The topological polar surface area (TPSA) is 46.0 Å². The molecule has 0 aromatic carbocycles. The Kier molecular flexibility index (Phi) is 4.28. The SMILES string of the molecule is Cc1c(Cl)nc(C2CC2)nc1SCC(C)CO. The number of aliphatic hydroxyl groups is 1.